The molecule has 4 N–H and O–H groups in total. The van der Waals surface area contributed by atoms with Gasteiger partial charge in [-0.15, -0.1) is 0 Å². The van der Waals surface area contributed by atoms with Crippen molar-refractivity contribution in [3.05, 3.63) is 23.7 Å². The Morgan fingerprint density at radius 2 is 1.64 bits per heavy atom. The first-order valence-corrected chi connectivity index (χ1v) is 4.69. The topological polar surface area (TPSA) is 58.5 Å². The molecule has 0 saturated carbocycles. The van der Waals surface area contributed by atoms with Crippen LogP contribution in [-0.2, 0) is 0 Å². The fourth-order valence-electron chi connectivity index (χ4n) is 0.823. The molecule has 0 bridgehead atoms. The van der Waals surface area contributed by atoms with Crippen LogP contribution in [-0.4, -0.2) is 44.0 Å². The molecule has 0 aliphatic rings. The lowest BCUT2D eigenvalue weighted by Gasteiger charge is -2.21. The van der Waals surface area contributed by atoms with Gasteiger partial charge < -0.3 is 21.3 Å². The van der Waals surface area contributed by atoms with Crippen LogP contribution in [0.25, 0.3) is 0 Å². The first-order valence-electron chi connectivity index (χ1n) is 4.69. The fourth-order valence-corrected chi connectivity index (χ4v) is 0.823. The molecule has 0 atom stereocenters. The Kier molecular flexibility index (Phi) is 5.79. The first-order chi connectivity index (χ1) is 6.43. The molecule has 14 heavy (non-hydrogen) atoms. The summed E-state index contributed by atoms with van der Waals surface area (Å²) in [5.41, 5.74) is 12.1. The second kappa shape index (κ2) is 6.32. The summed E-state index contributed by atoms with van der Waals surface area (Å²) >= 11 is 0. The van der Waals surface area contributed by atoms with Crippen molar-refractivity contribution >= 4 is 0 Å². The van der Waals surface area contributed by atoms with Crippen LogP contribution >= 0.6 is 0 Å². The second-order valence-electron chi connectivity index (χ2n) is 3.73. The SMILES string of the molecule is C/C(N)=C\C=C(/N)N(C)CCN(C)C. The predicted octanol–water partition coefficient (Wildman–Crippen LogP) is 0.142. The Labute approximate surface area is 86.8 Å². The molecule has 82 valence electrons. The summed E-state index contributed by atoms with van der Waals surface area (Å²) in [5.74, 6) is 0.733. The van der Waals surface area contributed by atoms with Gasteiger partial charge in [0.25, 0.3) is 0 Å². The van der Waals surface area contributed by atoms with E-state index in [4.69, 9.17) is 11.5 Å². The van der Waals surface area contributed by atoms with Crippen molar-refractivity contribution in [3.63, 3.8) is 0 Å². The molecule has 0 aliphatic carbocycles. The van der Waals surface area contributed by atoms with Gasteiger partial charge in [-0.05, 0) is 33.2 Å². The molecule has 0 aliphatic heterocycles. The van der Waals surface area contributed by atoms with Crippen LogP contribution in [0, 0.1) is 0 Å². The monoisotopic (exact) mass is 198 g/mol. The molecule has 0 saturated heterocycles. The normalized spacial score (nSPS) is 13.5. The molecule has 0 spiro atoms. The highest BCUT2D eigenvalue weighted by molar-refractivity contribution is 5.12. The van der Waals surface area contributed by atoms with Gasteiger partial charge in [-0.3, -0.25) is 0 Å². The fraction of sp³-hybridized carbons (Fsp3) is 0.600. The molecule has 0 rings (SSSR count). The summed E-state index contributed by atoms with van der Waals surface area (Å²) in [6, 6.07) is 0. The molecular formula is C10H22N4. The molecule has 0 radical (unpaired) electrons. The Morgan fingerprint density at radius 3 is 2.07 bits per heavy atom. The lowest BCUT2D eigenvalue weighted by molar-refractivity contribution is 0.324. The lowest BCUT2D eigenvalue weighted by atomic mass is 10.4. The van der Waals surface area contributed by atoms with Gasteiger partial charge >= 0.3 is 0 Å². The third-order valence-corrected chi connectivity index (χ3v) is 1.84. The summed E-state index contributed by atoms with van der Waals surface area (Å²) in [7, 11) is 6.05. The lowest BCUT2D eigenvalue weighted by Crippen LogP contribution is -2.31. The summed E-state index contributed by atoms with van der Waals surface area (Å²) < 4.78 is 0. The number of hydrogen-bond donors (Lipinski definition) is 2. The standard InChI is InChI=1S/C10H22N4/c1-9(11)5-6-10(12)14(4)8-7-13(2)3/h5-6H,7-8,11-12H2,1-4H3/b9-5+,10-6+. The van der Waals surface area contributed by atoms with E-state index in [-0.39, 0.29) is 0 Å². The third kappa shape index (κ3) is 6.37. The number of nitrogens with two attached hydrogens (primary N) is 2. The number of hydrogen-bond acceptors (Lipinski definition) is 4. The van der Waals surface area contributed by atoms with Crippen molar-refractivity contribution in [2.24, 2.45) is 11.5 Å². The van der Waals surface area contributed by atoms with Crippen molar-refractivity contribution in [2.45, 2.75) is 6.92 Å². The van der Waals surface area contributed by atoms with Crippen LogP contribution < -0.4 is 11.5 Å². The van der Waals surface area contributed by atoms with E-state index in [1.165, 1.54) is 0 Å². The smallest absolute Gasteiger partial charge is 0.0984 e. The summed E-state index contributed by atoms with van der Waals surface area (Å²) in [6.07, 6.45) is 3.63. The Morgan fingerprint density at radius 1 is 1.07 bits per heavy atom. The van der Waals surface area contributed by atoms with Gasteiger partial charge in [0, 0.05) is 25.8 Å². The van der Waals surface area contributed by atoms with Crippen LogP contribution in [0.5, 0.6) is 0 Å². The molecule has 4 heteroatoms. The molecular weight excluding hydrogens is 176 g/mol. The van der Waals surface area contributed by atoms with Crippen molar-refractivity contribution < 1.29 is 0 Å². The van der Waals surface area contributed by atoms with E-state index in [9.17, 15) is 0 Å². The Bertz CT molecular complexity index is 214. The molecule has 0 heterocycles. The van der Waals surface area contributed by atoms with Crippen molar-refractivity contribution in [1.82, 2.24) is 9.80 Å². The van der Waals surface area contributed by atoms with Crippen molar-refractivity contribution in [2.75, 3.05) is 34.2 Å². The molecule has 0 aromatic heterocycles. The first kappa shape index (κ1) is 12.8. The molecule has 0 aromatic rings. The number of allylic oxidation sites excluding steroid dienone is 3. The average molecular weight is 198 g/mol. The van der Waals surface area contributed by atoms with E-state index < -0.39 is 0 Å². The maximum Gasteiger partial charge on any atom is 0.0984 e. The molecule has 0 unspecified atom stereocenters. The Hall–Kier alpha value is -1.16. The maximum absolute atomic E-state index is 5.82. The van der Waals surface area contributed by atoms with Gasteiger partial charge in [-0.2, -0.15) is 0 Å². The van der Waals surface area contributed by atoms with E-state index >= 15 is 0 Å². The highest BCUT2D eigenvalue weighted by Crippen LogP contribution is 1.94. The zero-order chi connectivity index (χ0) is 11.1. The summed E-state index contributed by atoms with van der Waals surface area (Å²) in [4.78, 5) is 4.12. The minimum atomic E-state index is 0.733. The van der Waals surface area contributed by atoms with Crippen LogP contribution in [0.4, 0.5) is 0 Å². The Balaban J connectivity index is 4.04. The van der Waals surface area contributed by atoms with Crippen LogP contribution in [0.3, 0.4) is 0 Å². The molecule has 0 amide bonds. The van der Waals surface area contributed by atoms with Gasteiger partial charge in [0.1, 0.15) is 0 Å². The highest BCUT2D eigenvalue weighted by atomic mass is 15.2. The summed E-state index contributed by atoms with van der Waals surface area (Å²) in [5, 5.41) is 0. The van der Waals surface area contributed by atoms with Gasteiger partial charge in [-0.25, -0.2) is 0 Å². The number of nitrogens with zero attached hydrogens (tertiary/aromatic N) is 2. The zero-order valence-corrected chi connectivity index (χ0v) is 9.62. The minimum Gasteiger partial charge on any atom is -0.402 e. The van der Waals surface area contributed by atoms with E-state index in [0.29, 0.717) is 0 Å². The van der Waals surface area contributed by atoms with Crippen molar-refractivity contribution in [3.8, 4) is 0 Å². The van der Waals surface area contributed by atoms with Crippen molar-refractivity contribution in [1.29, 1.82) is 0 Å². The molecule has 0 fully saturated rings. The quantitative estimate of drug-likeness (QED) is 0.617. The second-order valence-corrected chi connectivity index (χ2v) is 3.73. The maximum atomic E-state index is 5.82. The largest absolute Gasteiger partial charge is 0.402 e. The van der Waals surface area contributed by atoms with Gasteiger partial charge in [-0.1, -0.05) is 0 Å². The molecule has 0 aromatic carbocycles. The predicted molar refractivity (Wildman–Crippen MR) is 61.4 cm³/mol. The number of rotatable bonds is 5. The zero-order valence-electron chi connectivity index (χ0n) is 9.62. The number of likely N-dealkylation sites (N-methyl/N-ethyl adjacent to an activating group) is 2. The molecule has 4 nitrogen and oxygen atoms in total. The van der Waals surface area contributed by atoms with Gasteiger partial charge in [0.2, 0.25) is 0 Å². The average Bonchev–Trinajstić information content (AvgIpc) is 2.09. The van der Waals surface area contributed by atoms with E-state index in [1.807, 2.05) is 45.1 Å². The van der Waals surface area contributed by atoms with E-state index in [0.717, 1.165) is 24.6 Å². The summed E-state index contributed by atoms with van der Waals surface area (Å²) in [6.45, 7) is 3.73. The third-order valence-electron chi connectivity index (χ3n) is 1.84. The van der Waals surface area contributed by atoms with Crippen LogP contribution in [0.1, 0.15) is 6.92 Å². The van der Waals surface area contributed by atoms with Gasteiger partial charge in [0.05, 0.1) is 5.82 Å². The van der Waals surface area contributed by atoms with Crippen LogP contribution in [0.15, 0.2) is 23.7 Å². The van der Waals surface area contributed by atoms with Gasteiger partial charge in [0.15, 0.2) is 0 Å². The van der Waals surface area contributed by atoms with E-state index in [1.54, 1.807) is 0 Å². The highest BCUT2D eigenvalue weighted by Gasteiger charge is 1.98. The minimum absolute atomic E-state index is 0.733. The van der Waals surface area contributed by atoms with Crippen LogP contribution in [0.2, 0.25) is 0 Å². The van der Waals surface area contributed by atoms with E-state index in [2.05, 4.69) is 4.90 Å².